The quantitative estimate of drug-likeness (QED) is 0.818. The molecule has 1 saturated carbocycles. The fourth-order valence-electron chi connectivity index (χ4n) is 4.04. The van der Waals surface area contributed by atoms with Gasteiger partial charge < -0.3 is 15.7 Å². The van der Waals surface area contributed by atoms with Crippen molar-refractivity contribution in [2.24, 2.45) is 11.7 Å². The molecule has 1 aliphatic heterocycles. The molecule has 2 atom stereocenters. The van der Waals surface area contributed by atoms with E-state index < -0.39 is 6.09 Å². The summed E-state index contributed by atoms with van der Waals surface area (Å²) < 4.78 is 0. The molecule has 0 radical (unpaired) electrons. The van der Waals surface area contributed by atoms with Gasteiger partial charge >= 0.3 is 6.09 Å². The van der Waals surface area contributed by atoms with E-state index in [1.165, 1.54) is 5.57 Å². The maximum atomic E-state index is 11.9. The molecule has 1 aromatic carbocycles. The summed E-state index contributed by atoms with van der Waals surface area (Å²) in [5.74, 6) is -0.0302. The van der Waals surface area contributed by atoms with Gasteiger partial charge in [0, 0.05) is 31.1 Å². The number of carboxylic acid groups (broad SMARTS) is 1. The highest BCUT2D eigenvalue weighted by Crippen LogP contribution is 2.44. The zero-order valence-corrected chi connectivity index (χ0v) is 15.2. The van der Waals surface area contributed by atoms with Crippen LogP contribution in [0.3, 0.4) is 0 Å². The number of benzene rings is 1. The first-order valence-corrected chi connectivity index (χ1v) is 9.21. The van der Waals surface area contributed by atoms with E-state index in [-0.39, 0.29) is 24.5 Å². The minimum atomic E-state index is -0.835. The zero-order valence-electron chi connectivity index (χ0n) is 15.2. The van der Waals surface area contributed by atoms with Gasteiger partial charge in [-0.25, -0.2) is 4.79 Å². The van der Waals surface area contributed by atoms with Crippen LogP contribution in [0.4, 0.5) is 4.79 Å². The van der Waals surface area contributed by atoms with Crippen LogP contribution in [0, 0.1) is 5.92 Å². The fraction of sp³-hybridized carbons (Fsp3) is 0.500. The van der Waals surface area contributed by atoms with Gasteiger partial charge in [0.15, 0.2) is 0 Å². The number of nitrogens with zero attached hydrogens (tertiary/aromatic N) is 2. The Kier molecular flexibility index (Phi) is 5.61. The van der Waals surface area contributed by atoms with Crippen LogP contribution in [0.25, 0.3) is 6.08 Å². The van der Waals surface area contributed by atoms with Gasteiger partial charge in [0.2, 0.25) is 5.91 Å². The average Bonchev–Trinajstić information content (AvgIpc) is 3.37. The molecule has 0 spiro atoms. The van der Waals surface area contributed by atoms with Crippen molar-refractivity contribution in [3.05, 3.63) is 41.5 Å². The van der Waals surface area contributed by atoms with Crippen molar-refractivity contribution in [2.45, 2.75) is 38.3 Å². The summed E-state index contributed by atoms with van der Waals surface area (Å²) in [6, 6.07) is 10.2. The van der Waals surface area contributed by atoms with E-state index in [0.717, 1.165) is 24.8 Å². The van der Waals surface area contributed by atoms with Crippen LogP contribution in [-0.2, 0) is 4.79 Å². The van der Waals surface area contributed by atoms with Gasteiger partial charge in [-0.3, -0.25) is 9.69 Å². The van der Waals surface area contributed by atoms with Crippen LogP contribution in [0.15, 0.2) is 35.9 Å². The second-order valence-corrected chi connectivity index (χ2v) is 7.37. The molecular weight excluding hydrogens is 330 g/mol. The summed E-state index contributed by atoms with van der Waals surface area (Å²) in [4.78, 5) is 26.6. The van der Waals surface area contributed by atoms with E-state index in [9.17, 15) is 14.7 Å². The van der Waals surface area contributed by atoms with Gasteiger partial charge in [0.1, 0.15) is 0 Å². The molecule has 0 bridgehead atoms. The average molecular weight is 357 g/mol. The van der Waals surface area contributed by atoms with E-state index in [1.807, 2.05) is 23.1 Å². The summed E-state index contributed by atoms with van der Waals surface area (Å²) in [7, 11) is 0. The lowest BCUT2D eigenvalue weighted by atomic mass is 10.0. The molecule has 3 N–H and O–H groups in total. The van der Waals surface area contributed by atoms with Gasteiger partial charge in [0.25, 0.3) is 0 Å². The lowest BCUT2D eigenvalue weighted by Gasteiger charge is -2.37. The van der Waals surface area contributed by atoms with Crippen molar-refractivity contribution in [1.29, 1.82) is 0 Å². The standard InChI is InChI=1S/C20H27N3O3/c1-14(11-15-5-3-2-4-6-15)17-12-18(17)23(20(25)26)16-7-9-22(10-8-16)13-19(21)24/h2-6,11,16-18H,7-10,12-13H2,1H3,(H2,21,24)(H,25,26)/t17-,18+/m0/s1. The van der Waals surface area contributed by atoms with Crippen molar-refractivity contribution in [3.63, 3.8) is 0 Å². The Hall–Kier alpha value is -2.34. The summed E-state index contributed by atoms with van der Waals surface area (Å²) >= 11 is 0. The number of rotatable bonds is 6. The number of hydrogen-bond acceptors (Lipinski definition) is 3. The van der Waals surface area contributed by atoms with Gasteiger partial charge in [-0.1, -0.05) is 42.0 Å². The van der Waals surface area contributed by atoms with Crippen LogP contribution < -0.4 is 5.73 Å². The Balaban J connectivity index is 1.61. The topological polar surface area (TPSA) is 86.9 Å². The molecule has 26 heavy (non-hydrogen) atoms. The Morgan fingerprint density at radius 3 is 2.50 bits per heavy atom. The van der Waals surface area contributed by atoms with E-state index in [2.05, 4.69) is 25.1 Å². The van der Waals surface area contributed by atoms with E-state index in [1.54, 1.807) is 4.90 Å². The highest BCUT2D eigenvalue weighted by Gasteiger charge is 2.47. The normalized spacial score (nSPS) is 24.3. The molecule has 1 aliphatic carbocycles. The second kappa shape index (κ2) is 7.91. The van der Waals surface area contributed by atoms with Gasteiger partial charge in [-0.2, -0.15) is 0 Å². The molecule has 2 amide bonds. The SMILES string of the molecule is CC(=Cc1ccccc1)[C@@H]1C[C@H]1N(C(=O)O)C1CCN(CC(N)=O)CC1. The molecule has 6 heteroatoms. The molecule has 1 heterocycles. The second-order valence-electron chi connectivity index (χ2n) is 7.37. The summed E-state index contributed by atoms with van der Waals surface area (Å²) in [6.07, 6.45) is 3.72. The number of nitrogens with two attached hydrogens (primary N) is 1. The maximum absolute atomic E-state index is 11.9. The van der Waals surface area contributed by atoms with Crippen LogP contribution in [0.2, 0.25) is 0 Å². The smallest absolute Gasteiger partial charge is 0.407 e. The molecule has 0 aromatic heterocycles. The van der Waals surface area contributed by atoms with Crippen molar-refractivity contribution < 1.29 is 14.7 Å². The number of likely N-dealkylation sites (tertiary alicyclic amines) is 1. The highest BCUT2D eigenvalue weighted by molar-refractivity contribution is 5.75. The first-order chi connectivity index (χ1) is 12.5. The Morgan fingerprint density at radius 2 is 1.92 bits per heavy atom. The molecule has 1 aromatic rings. The van der Waals surface area contributed by atoms with Gasteiger partial charge in [-0.05, 0) is 31.7 Å². The summed E-state index contributed by atoms with van der Waals surface area (Å²) in [5, 5.41) is 9.76. The van der Waals surface area contributed by atoms with Gasteiger partial charge in [0.05, 0.1) is 6.54 Å². The van der Waals surface area contributed by atoms with Crippen LogP contribution in [0.1, 0.15) is 31.7 Å². The number of piperidine rings is 1. The molecular formula is C20H27N3O3. The number of carbonyl (C=O) groups is 2. The molecule has 3 rings (SSSR count). The first kappa shape index (κ1) is 18.5. The van der Waals surface area contributed by atoms with E-state index in [4.69, 9.17) is 5.73 Å². The molecule has 6 nitrogen and oxygen atoms in total. The first-order valence-electron chi connectivity index (χ1n) is 9.21. The number of carbonyl (C=O) groups excluding carboxylic acids is 1. The van der Waals surface area contributed by atoms with Gasteiger partial charge in [-0.15, -0.1) is 0 Å². The maximum Gasteiger partial charge on any atom is 0.407 e. The van der Waals surface area contributed by atoms with Crippen molar-refractivity contribution in [2.75, 3.05) is 19.6 Å². The minimum absolute atomic E-state index is 0.0242. The van der Waals surface area contributed by atoms with Crippen LogP contribution in [0.5, 0.6) is 0 Å². The van der Waals surface area contributed by atoms with Crippen molar-refractivity contribution in [3.8, 4) is 0 Å². The van der Waals surface area contributed by atoms with E-state index >= 15 is 0 Å². The monoisotopic (exact) mass is 357 g/mol. The Bertz CT molecular complexity index is 681. The zero-order chi connectivity index (χ0) is 18.7. The Morgan fingerprint density at radius 1 is 1.27 bits per heavy atom. The third kappa shape index (κ3) is 4.43. The van der Waals surface area contributed by atoms with E-state index in [0.29, 0.717) is 19.0 Å². The molecule has 1 saturated heterocycles. The van der Waals surface area contributed by atoms with Crippen molar-refractivity contribution >= 4 is 18.1 Å². The fourth-order valence-corrected chi connectivity index (χ4v) is 4.04. The molecule has 0 unspecified atom stereocenters. The third-order valence-corrected chi connectivity index (χ3v) is 5.44. The number of primary amides is 1. The molecule has 2 aliphatic rings. The number of hydrogen-bond donors (Lipinski definition) is 2. The minimum Gasteiger partial charge on any atom is -0.465 e. The predicted octanol–water partition coefficient (Wildman–Crippen LogP) is 2.41. The lowest BCUT2D eigenvalue weighted by molar-refractivity contribution is -0.119. The lowest BCUT2D eigenvalue weighted by Crippen LogP contribution is -2.49. The largest absolute Gasteiger partial charge is 0.465 e. The van der Waals surface area contributed by atoms with Crippen LogP contribution in [-0.4, -0.2) is 58.6 Å². The highest BCUT2D eigenvalue weighted by atomic mass is 16.4. The molecule has 140 valence electrons. The third-order valence-electron chi connectivity index (χ3n) is 5.44. The number of amides is 2. The Labute approximate surface area is 154 Å². The van der Waals surface area contributed by atoms with Crippen LogP contribution >= 0.6 is 0 Å². The van der Waals surface area contributed by atoms with Crippen molar-refractivity contribution in [1.82, 2.24) is 9.80 Å². The summed E-state index contributed by atoms with van der Waals surface area (Å²) in [6.45, 7) is 3.78. The summed E-state index contributed by atoms with van der Waals surface area (Å²) in [5.41, 5.74) is 7.63. The predicted molar refractivity (Wildman–Crippen MR) is 101 cm³/mol. The molecule has 2 fully saturated rings.